The lowest BCUT2D eigenvalue weighted by molar-refractivity contribution is 0.176. The van der Waals surface area contributed by atoms with Gasteiger partial charge in [-0.3, -0.25) is 10.2 Å². The first kappa shape index (κ1) is 17.4. The molecule has 0 aliphatic carbocycles. The van der Waals surface area contributed by atoms with Crippen LogP contribution in [0, 0.1) is 11.3 Å². The maximum Gasteiger partial charge on any atom is 0.103 e. The van der Waals surface area contributed by atoms with Crippen molar-refractivity contribution >= 4 is 0 Å². The zero-order chi connectivity index (χ0) is 15.0. The minimum atomic E-state index is -0.362. The molecule has 0 radical (unpaired) electrons. The molecule has 1 N–H and O–H groups in total. The van der Waals surface area contributed by atoms with Gasteiger partial charge in [0.2, 0.25) is 0 Å². The molecule has 0 aromatic carbocycles. The quantitative estimate of drug-likeness (QED) is 0.775. The summed E-state index contributed by atoms with van der Waals surface area (Å²) in [5.74, 6) is 0. The van der Waals surface area contributed by atoms with E-state index in [0.717, 1.165) is 25.9 Å². The van der Waals surface area contributed by atoms with Crippen LogP contribution in [0.3, 0.4) is 0 Å². The van der Waals surface area contributed by atoms with Crippen LogP contribution in [0.25, 0.3) is 0 Å². The van der Waals surface area contributed by atoms with Crippen molar-refractivity contribution in [3.05, 3.63) is 0 Å². The number of nitriles is 1. The summed E-state index contributed by atoms with van der Waals surface area (Å²) in [6.45, 7) is 11.9. The van der Waals surface area contributed by atoms with E-state index in [-0.39, 0.29) is 5.54 Å². The molecule has 4 heteroatoms. The van der Waals surface area contributed by atoms with Gasteiger partial charge < -0.3 is 4.90 Å². The lowest BCUT2D eigenvalue weighted by atomic mass is 9.97. The van der Waals surface area contributed by atoms with Gasteiger partial charge in [0.25, 0.3) is 0 Å². The van der Waals surface area contributed by atoms with Gasteiger partial charge in [-0.1, -0.05) is 13.8 Å². The minimum absolute atomic E-state index is 0.362. The van der Waals surface area contributed by atoms with E-state index in [4.69, 9.17) is 0 Å². The molecule has 2 atom stereocenters. The summed E-state index contributed by atoms with van der Waals surface area (Å²) in [5.41, 5.74) is -0.362. The number of rotatable bonds is 7. The van der Waals surface area contributed by atoms with E-state index < -0.39 is 0 Å². The van der Waals surface area contributed by atoms with Gasteiger partial charge in [0, 0.05) is 12.6 Å². The number of nitrogens with one attached hydrogen (secondary N) is 1. The molecule has 1 saturated heterocycles. The number of hydrogen-bond acceptors (Lipinski definition) is 4. The van der Waals surface area contributed by atoms with E-state index in [1.54, 1.807) is 0 Å². The molecule has 2 unspecified atom stereocenters. The first-order chi connectivity index (χ1) is 9.54. The van der Waals surface area contributed by atoms with Crippen LogP contribution in [-0.4, -0.2) is 61.2 Å². The second-order valence-electron chi connectivity index (χ2n) is 6.29. The third kappa shape index (κ3) is 5.40. The summed E-state index contributed by atoms with van der Waals surface area (Å²) in [7, 11) is 2.23. The van der Waals surface area contributed by atoms with Crippen molar-refractivity contribution in [2.75, 3.05) is 39.8 Å². The fraction of sp³-hybridized carbons (Fsp3) is 0.938. The van der Waals surface area contributed by atoms with Gasteiger partial charge in [0.1, 0.15) is 5.54 Å². The van der Waals surface area contributed by atoms with Gasteiger partial charge in [-0.15, -0.1) is 0 Å². The summed E-state index contributed by atoms with van der Waals surface area (Å²) in [5, 5.41) is 12.6. The van der Waals surface area contributed by atoms with E-state index in [1.165, 1.54) is 32.5 Å². The first-order valence-corrected chi connectivity index (χ1v) is 8.13. The highest BCUT2D eigenvalue weighted by Gasteiger charge is 2.25. The Balaban J connectivity index is 2.44. The lowest BCUT2D eigenvalue weighted by Crippen LogP contribution is -2.43. The monoisotopic (exact) mass is 280 g/mol. The Labute approximate surface area is 125 Å². The van der Waals surface area contributed by atoms with E-state index in [2.05, 4.69) is 42.1 Å². The van der Waals surface area contributed by atoms with Crippen LogP contribution in [0.1, 0.15) is 46.5 Å². The molecule has 0 spiro atoms. The second kappa shape index (κ2) is 8.61. The van der Waals surface area contributed by atoms with Crippen molar-refractivity contribution in [2.45, 2.75) is 58.0 Å². The Hall–Kier alpha value is -0.630. The van der Waals surface area contributed by atoms with Gasteiger partial charge in [-0.2, -0.15) is 5.26 Å². The Bertz CT molecular complexity index is 312. The van der Waals surface area contributed by atoms with Gasteiger partial charge in [-0.05, 0) is 65.8 Å². The molecule has 0 bridgehead atoms. The molecule has 1 aliphatic rings. The van der Waals surface area contributed by atoms with Crippen LogP contribution >= 0.6 is 0 Å². The Kier molecular flexibility index (Phi) is 7.50. The van der Waals surface area contributed by atoms with Crippen LogP contribution in [0.4, 0.5) is 0 Å². The second-order valence-corrected chi connectivity index (χ2v) is 6.29. The molecule has 1 rings (SSSR count). The lowest BCUT2D eigenvalue weighted by Gasteiger charge is -2.31. The predicted molar refractivity (Wildman–Crippen MR) is 84.7 cm³/mol. The van der Waals surface area contributed by atoms with Gasteiger partial charge in [0.05, 0.1) is 6.07 Å². The van der Waals surface area contributed by atoms with Gasteiger partial charge in [-0.25, -0.2) is 0 Å². The van der Waals surface area contributed by atoms with E-state index in [0.29, 0.717) is 6.04 Å². The van der Waals surface area contributed by atoms with Crippen molar-refractivity contribution in [3.8, 4) is 6.07 Å². The molecule has 0 saturated carbocycles. The van der Waals surface area contributed by atoms with Crippen LogP contribution in [0.5, 0.6) is 0 Å². The number of likely N-dealkylation sites (N-methyl/N-ethyl adjacent to an activating group) is 1. The summed E-state index contributed by atoms with van der Waals surface area (Å²) in [6, 6.07) is 3.10. The molecule has 20 heavy (non-hydrogen) atoms. The Morgan fingerprint density at radius 2 is 2.10 bits per heavy atom. The van der Waals surface area contributed by atoms with Crippen molar-refractivity contribution in [2.24, 2.45) is 0 Å². The molecule has 0 aromatic heterocycles. The zero-order valence-electron chi connectivity index (χ0n) is 13.8. The zero-order valence-corrected chi connectivity index (χ0v) is 13.8. The number of hydrogen-bond donors (Lipinski definition) is 1. The van der Waals surface area contributed by atoms with E-state index in [9.17, 15) is 5.26 Å². The summed E-state index contributed by atoms with van der Waals surface area (Å²) in [4.78, 5) is 5.08. The normalized spacial score (nSPS) is 24.9. The van der Waals surface area contributed by atoms with Crippen molar-refractivity contribution < 1.29 is 0 Å². The van der Waals surface area contributed by atoms with E-state index >= 15 is 0 Å². The molecular weight excluding hydrogens is 248 g/mol. The largest absolute Gasteiger partial charge is 0.305 e. The smallest absolute Gasteiger partial charge is 0.103 e. The van der Waals surface area contributed by atoms with Crippen LogP contribution < -0.4 is 5.32 Å². The molecule has 4 nitrogen and oxygen atoms in total. The van der Waals surface area contributed by atoms with Crippen molar-refractivity contribution in [3.63, 3.8) is 0 Å². The van der Waals surface area contributed by atoms with Crippen LogP contribution in [0.2, 0.25) is 0 Å². The maximum atomic E-state index is 9.30. The van der Waals surface area contributed by atoms with Crippen molar-refractivity contribution in [1.29, 1.82) is 5.26 Å². The molecule has 0 amide bonds. The fourth-order valence-electron chi connectivity index (χ4n) is 3.18. The Morgan fingerprint density at radius 3 is 2.70 bits per heavy atom. The molecule has 0 aromatic rings. The topological polar surface area (TPSA) is 42.3 Å². The van der Waals surface area contributed by atoms with Gasteiger partial charge >= 0.3 is 0 Å². The summed E-state index contributed by atoms with van der Waals surface area (Å²) < 4.78 is 0. The highest BCUT2D eigenvalue weighted by atomic mass is 15.2. The standard InChI is InChI=1S/C16H32N4/c1-5-15-13-19(4)10-8-12-20(15)11-7-9-16(3,14-17)18-6-2/h15,18H,5-13H2,1-4H3. The minimum Gasteiger partial charge on any atom is -0.305 e. The average Bonchev–Trinajstić information content (AvgIpc) is 2.60. The third-order valence-electron chi connectivity index (χ3n) is 4.43. The van der Waals surface area contributed by atoms with E-state index in [1.807, 2.05) is 6.92 Å². The molecule has 1 fully saturated rings. The maximum absolute atomic E-state index is 9.30. The average molecular weight is 280 g/mol. The fourth-order valence-corrected chi connectivity index (χ4v) is 3.18. The molecule has 116 valence electrons. The molecule has 1 heterocycles. The third-order valence-corrected chi connectivity index (χ3v) is 4.43. The van der Waals surface area contributed by atoms with Gasteiger partial charge in [0.15, 0.2) is 0 Å². The van der Waals surface area contributed by atoms with Crippen LogP contribution in [-0.2, 0) is 0 Å². The number of nitrogens with zero attached hydrogens (tertiary/aromatic N) is 3. The molecular formula is C16H32N4. The molecule has 1 aliphatic heterocycles. The summed E-state index contributed by atoms with van der Waals surface area (Å²) >= 11 is 0. The van der Waals surface area contributed by atoms with Crippen LogP contribution in [0.15, 0.2) is 0 Å². The highest BCUT2D eigenvalue weighted by molar-refractivity contribution is 5.03. The Morgan fingerprint density at radius 1 is 1.35 bits per heavy atom. The van der Waals surface area contributed by atoms with Crippen molar-refractivity contribution in [1.82, 2.24) is 15.1 Å². The summed E-state index contributed by atoms with van der Waals surface area (Å²) in [6.07, 6.45) is 4.50. The predicted octanol–water partition coefficient (Wildman–Crippen LogP) is 2.07. The first-order valence-electron chi connectivity index (χ1n) is 8.13. The SMILES string of the molecule is CCNC(C)(C#N)CCCN1CCCN(C)CC1CC. The highest BCUT2D eigenvalue weighted by Crippen LogP contribution is 2.16.